The summed E-state index contributed by atoms with van der Waals surface area (Å²) < 4.78 is 0. The molecule has 1 saturated heterocycles. The molecular weight excluding hydrogens is 129 g/mol. The van der Waals surface area contributed by atoms with Gasteiger partial charge < -0.3 is 0 Å². The number of carbonyl (C=O) groups excluding carboxylic acids is 2. The van der Waals surface area contributed by atoms with Crippen LogP contribution in [-0.4, -0.2) is 31.1 Å². The van der Waals surface area contributed by atoms with Crippen molar-refractivity contribution in [2.24, 2.45) is 0 Å². The van der Waals surface area contributed by atoms with Crippen LogP contribution in [-0.2, 0) is 9.59 Å². The largest absolute Gasteiger partial charge is 0.283 e. The molecule has 0 saturated carbocycles. The van der Waals surface area contributed by atoms with Crippen LogP contribution >= 0.6 is 0 Å². The van der Waals surface area contributed by atoms with Crippen LogP contribution in [0, 0.1) is 0 Å². The van der Waals surface area contributed by atoms with Crippen LogP contribution in [0.2, 0.25) is 5.82 Å². The predicted octanol–water partition coefficient (Wildman–Crippen LogP) is -0.278. The number of rotatable bonds is 1. The Balaban J connectivity index is 2.74. The molecule has 1 heterocycles. The Morgan fingerprint density at radius 1 is 1.70 bits per heavy atom. The van der Waals surface area contributed by atoms with E-state index in [-0.39, 0.29) is 18.2 Å². The summed E-state index contributed by atoms with van der Waals surface area (Å²) in [6.45, 7) is 2.19. The zero-order valence-electron chi connectivity index (χ0n) is 5.83. The van der Waals surface area contributed by atoms with Crippen molar-refractivity contribution in [2.75, 3.05) is 6.54 Å². The Bertz CT molecular complexity index is 181. The summed E-state index contributed by atoms with van der Waals surface area (Å²) in [5.74, 6) is -0.986. The molecule has 1 fully saturated rings. The smallest absolute Gasteiger partial charge is 0.229 e. The van der Waals surface area contributed by atoms with Gasteiger partial charge in [-0.3, -0.25) is 14.5 Å². The van der Waals surface area contributed by atoms with Crippen molar-refractivity contribution >= 4 is 19.7 Å². The van der Waals surface area contributed by atoms with E-state index in [0.717, 1.165) is 0 Å². The SMILES string of the molecule is [B]C1CC(=O)N(CC)C1=O. The molecule has 0 N–H and O–H groups in total. The number of hydrogen-bond donors (Lipinski definition) is 0. The van der Waals surface area contributed by atoms with E-state index in [0.29, 0.717) is 6.54 Å². The molecule has 1 unspecified atom stereocenters. The maximum atomic E-state index is 10.9. The summed E-state index contributed by atoms with van der Waals surface area (Å²) in [6, 6.07) is 0. The second-order valence-electron chi connectivity index (χ2n) is 2.29. The number of hydrogen-bond acceptors (Lipinski definition) is 2. The van der Waals surface area contributed by atoms with Gasteiger partial charge in [0.1, 0.15) is 0 Å². The van der Waals surface area contributed by atoms with Gasteiger partial charge in [-0.25, -0.2) is 0 Å². The van der Waals surface area contributed by atoms with Crippen LogP contribution in [0.5, 0.6) is 0 Å². The van der Waals surface area contributed by atoms with Crippen LogP contribution < -0.4 is 0 Å². The van der Waals surface area contributed by atoms with E-state index in [4.69, 9.17) is 7.85 Å². The average Bonchev–Trinajstić information content (AvgIpc) is 2.09. The lowest BCUT2D eigenvalue weighted by Crippen LogP contribution is -2.29. The maximum absolute atomic E-state index is 10.9. The lowest BCUT2D eigenvalue weighted by Gasteiger charge is -2.09. The van der Waals surface area contributed by atoms with Crippen LogP contribution in [0.4, 0.5) is 0 Å². The van der Waals surface area contributed by atoms with E-state index in [1.807, 2.05) is 0 Å². The molecule has 0 aromatic heterocycles. The molecule has 1 rings (SSSR count). The van der Waals surface area contributed by atoms with Crippen molar-refractivity contribution in [2.45, 2.75) is 19.2 Å². The summed E-state index contributed by atoms with van der Waals surface area (Å²) >= 11 is 0. The van der Waals surface area contributed by atoms with Crippen LogP contribution in [0.1, 0.15) is 13.3 Å². The minimum atomic E-state index is -0.590. The predicted molar refractivity (Wildman–Crippen MR) is 36.5 cm³/mol. The molecule has 0 aromatic carbocycles. The Kier molecular flexibility index (Phi) is 1.79. The highest BCUT2D eigenvalue weighted by Crippen LogP contribution is 2.20. The molecule has 10 heavy (non-hydrogen) atoms. The molecule has 0 bridgehead atoms. The van der Waals surface area contributed by atoms with Gasteiger partial charge >= 0.3 is 0 Å². The number of likely N-dealkylation sites (tertiary alicyclic amines) is 1. The van der Waals surface area contributed by atoms with E-state index >= 15 is 0 Å². The summed E-state index contributed by atoms with van der Waals surface area (Å²) in [6.07, 6.45) is 0.173. The molecule has 0 spiro atoms. The molecular formula is C6H8BNO2. The molecule has 2 amide bonds. The van der Waals surface area contributed by atoms with Gasteiger partial charge in [-0.2, -0.15) is 0 Å². The quantitative estimate of drug-likeness (QED) is 0.368. The van der Waals surface area contributed by atoms with E-state index in [1.54, 1.807) is 6.92 Å². The average molecular weight is 137 g/mol. The van der Waals surface area contributed by atoms with Gasteiger partial charge in [-0.15, -0.1) is 0 Å². The van der Waals surface area contributed by atoms with Crippen molar-refractivity contribution in [3.05, 3.63) is 0 Å². The number of imide groups is 1. The highest BCUT2D eigenvalue weighted by Gasteiger charge is 2.33. The second kappa shape index (κ2) is 2.44. The third kappa shape index (κ3) is 0.937. The molecule has 52 valence electrons. The van der Waals surface area contributed by atoms with Gasteiger partial charge in [-0.05, 0) is 6.92 Å². The van der Waals surface area contributed by atoms with Crippen molar-refractivity contribution < 1.29 is 9.59 Å². The molecule has 2 radical (unpaired) electrons. The summed E-state index contributed by atoms with van der Waals surface area (Å²) in [5, 5.41) is 0. The minimum Gasteiger partial charge on any atom is -0.283 e. The Hall–Kier alpha value is -0.795. The van der Waals surface area contributed by atoms with Crippen LogP contribution in [0.15, 0.2) is 0 Å². The van der Waals surface area contributed by atoms with Gasteiger partial charge in [0.05, 0.1) is 7.85 Å². The number of nitrogens with zero attached hydrogens (tertiary/aromatic N) is 1. The first-order chi connectivity index (χ1) is 4.66. The normalized spacial score (nSPS) is 26.1. The maximum Gasteiger partial charge on any atom is 0.229 e. The standard InChI is InChI=1S/C6H8BNO2/c1-2-8-5(9)3-4(7)6(8)10/h4H,2-3H2,1H3. The summed E-state index contributed by atoms with van der Waals surface area (Å²) in [4.78, 5) is 23.0. The van der Waals surface area contributed by atoms with Crippen molar-refractivity contribution in [3.8, 4) is 0 Å². The van der Waals surface area contributed by atoms with E-state index in [2.05, 4.69) is 0 Å². The molecule has 0 aromatic rings. The van der Waals surface area contributed by atoms with E-state index in [9.17, 15) is 9.59 Å². The monoisotopic (exact) mass is 137 g/mol. The van der Waals surface area contributed by atoms with E-state index in [1.165, 1.54) is 4.90 Å². The molecule has 4 heteroatoms. The van der Waals surface area contributed by atoms with Crippen LogP contribution in [0.3, 0.4) is 0 Å². The fourth-order valence-corrected chi connectivity index (χ4v) is 1.04. The first-order valence-electron chi connectivity index (χ1n) is 3.26. The molecule has 1 atom stereocenters. The zero-order valence-corrected chi connectivity index (χ0v) is 5.83. The highest BCUT2D eigenvalue weighted by molar-refractivity contribution is 6.29. The molecule has 0 aliphatic carbocycles. The fourth-order valence-electron chi connectivity index (χ4n) is 1.04. The van der Waals surface area contributed by atoms with Crippen molar-refractivity contribution in [1.29, 1.82) is 0 Å². The van der Waals surface area contributed by atoms with Crippen molar-refractivity contribution in [3.63, 3.8) is 0 Å². The van der Waals surface area contributed by atoms with Gasteiger partial charge in [-0.1, -0.05) is 0 Å². The zero-order chi connectivity index (χ0) is 7.72. The first-order valence-corrected chi connectivity index (χ1v) is 3.26. The van der Waals surface area contributed by atoms with Gasteiger partial charge in [0.2, 0.25) is 11.8 Å². The molecule has 1 aliphatic heterocycles. The Morgan fingerprint density at radius 2 is 2.30 bits per heavy atom. The third-order valence-electron chi connectivity index (χ3n) is 1.60. The first kappa shape index (κ1) is 7.31. The number of carbonyl (C=O) groups is 2. The topological polar surface area (TPSA) is 37.4 Å². The highest BCUT2D eigenvalue weighted by atomic mass is 16.2. The van der Waals surface area contributed by atoms with Gasteiger partial charge in [0, 0.05) is 18.8 Å². The van der Waals surface area contributed by atoms with Gasteiger partial charge in [0.15, 0.2) is 0 Å². The van der Waals surface area contributed by atoms with Crippen LogP contribution in [0.25, 0.3) is 0 Å². The summed E-state index contributed by atoms with van der Waals surface area (Å²) in [5.41, 5.74) is 0. The van der Waals surface area contributed by atoms with E-state index < -0.39 is 5.82 Å². The lowest BCUT2D eigenvalue weighted by atomic mass is 9.86. The van der Waals surface area contributed by atoms with Crippen molar-refractivity contribution in [1.82, 2.24) is 4.90 Å². The van der Waals surface area contributed by atoms with Gasteiger partial charge in [0.25, 0.3) is 0 Å². The number of amides is 2. The summed E-state index contributed by atoms with van der Waals surface area (Å²) in [7, 11) is 5.32. The third-order valence-corrected chi connectivity index (χ3v) is 1.60. The second-order valence-corrected chi connectivity index (χ2v) is 2.29. The lowest BCUT2D eigenvalue weighted by molar-refractivity contribution is -0.138. The minimum absolute atomic E-state index is 0.153. The Labute approximate surface area is 60.8 Å². The fraction of sp³-hybridized carbons (Fsp3) is 0.667. The Morgan fingerprint density at radius 3 is 2.50 bits per heavy atom. The molecule has 3 nitrogen and oxygen atoms in total. The molecule has 1 aliphatic rings.